The molecule has 0 spiro atoms. The van der Waals surface area contributed by atoms with Crippen molar-refractivity contribution in [1.82, 2.24) is 0 Å². The van der Waals surface area contributed by atoms with Crippen molar-refractivity contribution in [1.29, 1.82) is 0 Å². The lowest BCUT2D eigenvalue weighted by atomic mass is 10.2. The maximum atomic E-state index is 12.9. The summed E-state index contributed by atoms with van der Waals surface area (Å²) in [6.07, 6.45) is 0.367. The molecular weight excluding hydrogens is 363 g/mol. The third-order valence-electron chi connectivity index (χ3n) is 3.81. The normalized spacial score (nSPS) is 10.4. The monoisotopic (exact) mass is 382 g/mol. The van der Waals surface area contributed by atoms with Crippen LogP contribution in [0.25, 0.3) is 0 Å². The number of furan rings is 1. The molecular formula is C21H19FN2O4. The average molecular weight is 382 g/mol. The Hall–Kier alpha value is -3.61. The predicted molar refractivity (Wildman–Crippen MR) is 103 cm³/mol. The van der Waals surface area contributed by atoms with Crippen molar-refractivity contribution >= 4 is 23.2 Å². The van der Waals surface area contributed by atoms with Gasteiger partial charge in [-0.15, -0.1) is 0 Å². The molecule has 2 N–H and O–H groups in total. The van der Waals surface area contributed by atoms with Crippen molar-refractivity contribution in [3.8, 4) is 5.75 Å². The van der Waals surface area contributed by atoms with Crippen LogP contribution < -0.4 is 15.4 Å². The Morgan fingerprint density at radius 1 is 1.00 bits per heavy atom. The van der Waals surface area contributed by atoms with Gasteiger partial charge in [-0.1, -0.05) is 13.0 Å². The van der Waals surface area contributed by atoms with E-state index >= 15 is 0 Å². The molecule has 2 amide bonds. The zero-order chi connectivity index (χ0) is 19.9. The van der Waals surface area contributed by atoms with E-state index in [1.807, 2.05) is 0 Å². The first-order valence-electron chi connectivity index (χ1n) is 8.72. The smallest absolute Gasteiger partial charge is 0.291 e. The van der Waals surface area contributed by atoms with Crippen LogP contribution in [-0.4, -0.2) is 11.8 Å². The van der Waals surface area contributed by atoms with Gasteiger partial charge in [-0.05, 0) is 54.6 Å². The molecule has 6 nitrogen and oxygen atoms in total. The molecule has 0 aliphatic carbocycles. The van der Waals surface area contributed by atoms with Gasteiger partial charge in [-0.25, -0.2) is 4.39 Å². The minimum atomic E-state index is -0.424. The van der Waals surface area contributed by atoms with E-state index in [0.717, 1.165) is 0 Å². The SMILES string of the molecule is CCC(=O)Nc1cccc(NC(=O)c2ccc(COc3ccc(F)cc3)o2)c1. The van der Waals surface area contributed by atoms with Gasteiger partial charge in [0.05, 0.1) is 0 Å². The van der Waals surface area contributed by atoms with E-state index in [1.54, 1.807) is 43.3 Å². The van der Waals surface area contributed by atoms with Crippen LogP contribution in [0.4, 0.5) is 15.8 Å². The van der Waals surface area contributed by atoms with Crippen LogP contribution in [0.1, 0.15) is 29.7 Å². The molecule has 0 fully saturated rings. The van der Waals surface area contributed by atoms with Gasteiger partial charge in [0.15, 0.2) is 5.76 Å². The number of rotatable bonds is 7. The molecule has 0 saturated heterocycles. The molecule has 0 aliphatic heterocycles. The molecule has 28 heavy (non-hydrogen) atoms. The number of amides is 2. The largest absolute Gasteiger partial charge is 0.486 e. The Kier molecular flexibility index (Phi) is 6.06. The molecule has 3 aromatic rings. The Bertz CT molecular complexity index is 967. The highest BCUT2D eigenvalue weighted by Crippen LogP contribution is 2.18. The fourth-order valence-electron chi connectivity index (χ4n) is 2.38. The number of nitrogens with one attached hydrogen (secondary N) is 2. The van der Waals surface area contributed by atoms with Crippen molar-refractivity contribution < 1.29 is 23.1 Å². The lowest BCUT2D eigenvalue weighted by molar-refractivity contribution is -0.115. The van der Waals surface area contributed by atoms with Gasteiger partial charge < -0.3 is 19.8 Å². The van der Waals surface area contributed by atoms with Crippen LogP contribution >= 0.6 is 0 Å². The molecule has 144 valence electrons. The predicted octanol–water partition coefficient (Wildman–Crippen LogP) is 4.60. The summed E-state index contributed by atoms with van der Waals surface area (Å²) < 4.78 is 23.9. The summed E-state index contributed by atoms with van der Waals surface area (Å²) >= 11 is 0. The van der Waals surface area contributed by atoms with Crippen LogP contribution in [-0.2, 0) is 11.4 Å². The molecule has 0 atom stereocenters. The summed E-state index contributed by atoms with van der Waals surface area (Å²) in [7, 11) is 0. The van der Waals surface area contributed by atoms with Crippen LogP contribution in [0.3, 0.4) is 0 Å². The minimum absolute atomic E-state index is 0.109. The molecule has 2 aromatic carbocycles. The van der Waals surface area contributed by atoms with E-state index in [9.17, 15) is 14.0 Å². The number of anilines is 2. The fraction of sp³-hybridized carbons (Fsp3) is 0.143. The van der Waals surface area contributed by atoms with E-state index in [4.69, 9.17) is 9.15 Å². The molecule has 0 unspecified atom stereocenters. The standard InChI is InChI=1S/C21H19FN2O4/c1-2-20(25)23-15-4-3-5-16(12-15)24-21(26)19-11-10-18(28-19)13-27-17-8-6-14(22)7-9-17/h3-12H,2,13H2,1H3,(H,23,25)(H,24,26). The van der Waals surface area contributed by atoms with Gasteiger partial charge in [0.25, 0.3) is 5.91 Å². The number of ether oxygens (including phenoxy) is 1. The topological polar surface area (TPSA) is 80.6 Å². The average Bonchev–Trinajstić information content (AvgIpc) is 3.17. The first-order chi connectivity index (χ1) is 13.5. The Morgan fingerprint density at radius 3 is 2.43 bits per heavy atom. The van der Waals surface area contributed by atoms with E-state index < -0.39 is 5.91 Å². The number of benzene rings is 2. The van der Waals surface area contributed by atoms with E-state index in [-0.39, 0.29) is 24.1 Å². The second-order valence-corrected chi connectivity index (χ2v) is 5.95. The van der Waals surface area contributed by atoms with Gasteiger partial charge in [-0.3, -0.25) is 9.59 Å². The highest BCUT2D eigenvalue weighted by Gasteiger charge is 2.12. The number of carbonyl (C=O) groups excluding carboxylic acids is 2. The number of halogens is 1. The van der Waals surface area contributed by atoms with Crippen molar-refractivity contribution in [2.24, 2.45) is 0 Å². The summed E-state index contributed by atoms with van der Waals surface area (Å²) in [5.74, 6) is 0.198. The third-order valence-corrected chi connectivity index (χ3v) is 3.81. The first kappa shape index (κ1) is 19.2. The van der Waals surface area contributed by atoms with Gasteiger partial charge in [0, 0.05) is 17.8 Å². The Morgan fingerprint density at radius 2 is 1.71 bits per heavy atom. The maximum absolute atomic E-state index is 12.9. The van der Waals surface area contributed by atoms with Crippen LogP contribution in [0.15, 0.2) is 65.1 Å². The molecule has 7 heteroatoms. The van der Waals surface area contributed by atoms with Crippen molar-refractivity contribution in [3.05, 3.63) is 78.0 Å². The zero-order valence-corrected chi connectivity index (χ0v) is 15.2. The number of hydrogen-bond donors (Lipinski definition) is 2. The molecule has 0 bridgehead atoms. The summed E-state index contributed by atoms with van der Waals surface area (Å²) in [5, 5.41) is 5.45. The third kappa shape index (κ3) is 5.20. The quantitative estimate of drug-likeness (QED) is 0.626. The first-order valence-corrected chi connectivity index (χ1v) is 8.72. The Labute approximate surface area is 161 Å². The lowest BCUT2D eigenvalue weighted by Gasteiger charge is -2.07. The van der Waals surface area contributed by atoms with Crippen molar-refractivity contribution in [2.45, 2.75) is 20.0 Å². The van der Waals surface area contributed by atoms with Gasteiger partial charge in [-0.2, -0.15) is 0 Å². The van der Waals surface area contributed by atoms with Gasteiger partial charge >= 0.3 is 0 Å². The Balaban J connectivity index is 1.58. The summed E-state index contributed by atoms with van der Waals surface area (Å²) in [5.41, 5.74) is 1.12. The lowest BCUT2D eigenvalue weighted by Crippen LogP contribution is -2.12. The number of carbonyl (C=O) groups is 2. The number of hydrogen-bond acceptors (Lipinski definition) is 4. The fourth-order valence-corrected chi connectivity index (χ4v) is 2.38. The van der Waals surface area contributed by atoms with Crippen LogP contribution in [0.5, 0.6) is 5.75 Å². The van der Waals surface area contributed by atoms with Crippen LogP contribution in [0.2, 0.25) is 0 Å². The van der Waals surface area contributed by atoms with E-state index in [1.165, 1.54) is 24.3 Å². The zero-order valence-electron chi connectivity index (χ0n) is 15.2. The van der Waals surface area contributed by atoms with Crippen molar-refractivity contribution in [2.75, 3.05) is 10.6 Å². The summed E-state index contributed by atoms with van der Waals surface area (Å²) in [6, 6.07) is 15.6. The van der Waals surface area contributed by atoms with E-state index in [2.05, 4.69) is 10.6 Å². The summed E-state index contributed by atoms with van der Waals surface area (Å²) in [6.45, 7) is 1.87. The highest BCUT2D eigenvalue weighted by molar-refractivity contribution is 6.02. The molecule has 0 saturated carbocycles. The summed E-state index contributed by atoms with van der Waals surface area (Å²) in [4.78, 5) is 23.8. The van der Waals surface area contributed by atoms with E-state index in [0.29, 0.717) is 29.3 Å². The van der Waals surface area contributed by atoms with Crippen LogP contribution in [0, 0.1) is 5.82 Å². The van der Waals surface area contributed by atoms with Gasteiger partial charge in [0.1, 0.15) is 23.9 Å². The maximum Gasteiger partial charge on any atom is 0.291 e. The molecule has 0 aliphatic rings. The molecule has 1 heterocycles. The second-order valence-electron chi connectivity index (χ2n) is 5.95. The van der Waals surface area contributed by atoms with Gasteiger partial charge in [0.2, 0.25) is 5.91 Å². The molecule has 1 aromatic heterocycles. The second kappa shape index (κ2) is 8.85. The molecule has 0 radical (unpaired) electrons. The molecule has 3 rings (SSSR count). The van der Waals surface area contributed by atoms with Crippen molar-refractivity contribution in [3.63, 3.8) is 0 Å². The highest BCUT2D eigenvalue weighted by atomic mass is 19.1. The minimum Gasteiger partial charge on any atom is -0.486 e.